The number of nitrogens with two attached hydrogens (primary N) is 1. The number of rotatable bonds is 4. The van der Waals surface area contributed by atoms with Crippen LogP contribution in [0.1, 0.15) is 26.6 Å². The van der Waals surface area contributed by atoms with Gasteiger partial charge in [-0.25, -0.2) is 0 Å². The quantitative estimate of drug-likeness (QED) is 0.840. The van der Waals surface area contributed by atoms with Crippen LogP contribution in [-0.4, -0.2) is 16.7 Å². The molecule has 1 aromatic carbocycles. The molecule has 0 fully saturated rings. The maximum absolute atomic E-state index is 5.72. The Labute approximate surface area is 106 Å². The molecule has 0 saturated carbocycles. The molecule has 0 spiro atoms. The molecule has 0 amide bonds. The molecule has 2 aromatic rings. The van der Waals surface area contributed by atoms with E-state index in [2.05, 4.69) is 10.1 Å². The second-order valence-corrected chi connectivity index (χ2v) is 4.49. The third-order valence-electron chi connectivity index (χ3n) is 2.60. The topological polar surface area (TPSA) is 74.2 Å². The second kappa shape index (κ2) is 4.78. The molecule has 2 N–H and O–H groups in total. The first-order valence-corrected chi connectivity index (χ1v) is 5.87. The smallest absolute Gasteiger partial charge is 0.258 e. The third-order valence-corrected chi connectivity index (χ3v) is 2.60. The molecule has 2 rings (SSSR count). The predicted octanol–water partition coefficient (Wildman–Crippen LogP) is 2.59. The van der Waals surface area contributed by atoms with Crippen LogP contribution in [0.4, 0.5) is 5.69 Å². The molecule has 0 atom stereocenters. The summed E-state index contributed by atoms with van der Waals surface area (Å²) in [5, 5.41) is 3.96. The summed E-state index contributed by atoms with van der Waals surface area (Å²) in [6, 6.07) is 7.33. The van der Waals surface area contributed by atoms with Crippen molar-refractivity contribution in [2.24, 2.45) is 0 Å². The molecule has 1 heterocycles. The fourth-order valence-electron chi connectivity index (χ4n) is 1.68. The van der Waals surface area contributed by atoms with Crippen molar-refractivity contribution >= 4 is 5.69 Å². The zero-order chi connectivity index (χ0) is 13.2. The van der Waals surface area contributed by atoms with Gasteiger partial charge >= 0.3 is 0 Å². The van der Waals surface area contributed by atoms with Crippen LogP contribution in [0.15, 0.2) is 28.8 Å². The lowest BCUT2D eigenvalue weighted by molar-refractivity contribution is -0.0221. The average Bonchev–Trinajstić information content (AvgIpc) is 2.78. The van der Waals surface area contributed by atoms with E-state index < -0.39 is 5.60 Å². The molecule has 5 heteroatoms. The van der Waals surface area contributed by atoms with Crippen LogP contribution in [0.25, 0.3) is 11.5 Å². The summed E-state index contributed by atoms with van der Waals surface area (Å²) < 4.78 is 10.8. The van der Waals surface area contributed by atoms with E-state index in [-0.39, 0.29) is 0 Å². The fraction of sp³-hybridized carbons (Fsp3) is 0.385. The monoisotopic (exact) mass is 247 g/mol. The largest absolute Gasteiger partial charge is 0.399 e. The van der Waals surface area contributed by atoms with E-state index in [0.717, 1.165) is 5.56 Å². The van der Waals surface area contributed by atoms with E-state index in [4.69, 9.17) is 15.0 Å². The molecule has 5 nitrogen and oxygen atoms in total. The number of ether oxygens (including phenoxy) is 1. The van der Waals surface area contributed by atoms with Crippen molar-refractivity contribution < 1.29 is 9.26 Å². The molecule has 0 aliphatic carbocycles. The molecule has 0 aliphatic heterocycles. The van der Waals surface area contributed by atoms with E-state index in [9.17, 15) is 0 Å². The molecule has 0 unspecified atom stereocenters. The van der Waals surface area contributed by atoms with Gasteiger partial charge in [0, 0.05) is 17.9 Å². The Bertz CT molecular complexity index is 535. The molecule has 0 aliphatic rings. The van der Waals surface area contributed by atoms with Crippen molar-refractivity contribution in [3.05, 3.63) is 30.1 Å². The maximum atomic E-state index is 5.72. The van der Waals surface area contributed by atoms with Crippen LogP contribution in [0.3, 0.4) is 0 Å². The minimum Gasteiger partial charge on any atom is -0.399 e. The molecule has 0 saturated heterocycles. The van der Waals surface area contributed by atoms with Crippen molar-refractivity contribution in [1.29, 1.82) is 0 Å². The first kappa shape index (κ1) is 12.6. The second-order valence-electron chi connectivity index (χ2n) is 4.49. The highest BCUT2D eigenvalue weighted by molar-refractivity contribution is 5.59. The van der Waals surface area contributed by atoms with Crippen molar-refractivity contribution in [3.8, 4) is 11.5 Å². The number of anilines is 1. The molecule has 18 heavy (non-hydrogen) atoms. The Morgan fingerprint density at radius 1 is 1.39 bits per heavy atom. The number of aromatic nitrogens is 2. The molecule has 96 valence electrons. The van der Waals surface area contributed by atoms with Gasteiger partial charge in [0.2, 0.25) is 5.82 Å². The lowest BCUT2D eigenvalue weighted by atomic mass is 10.1. The van der Waals surface area contributed by atoms with Crippen molar-refractivity contribution in [2.75, 3.05) is 12.3 Å². The summed E-state index contributed by atoms with van der Waals surface area (Å²) in [4.78, 5) is 4.35. The average molecular weight is 247 g/mol. The van der Waals surface area contributed by atoms with Gasteiger partial charge in [-0.1, -0.05) is 11.2 Å². The first-order chi connectivity index (χ1) is 8.53. The summed E-state index contributed by atoms with van der Waals surface area (Å²) in [5.41, 5.74) is 6.63. The molecular weight excluding hydrogens is 230 g/mol. The van der Waals surface area contributed by atoms with Gasteiger partial charge in [-0.05, 0) is 39.0 Å². The van der Waals surface area contributed by atoms with Crippen LogP contribution >= 0.6 is 0 Å². The zero-order valence-corrected chi connectivity index (χ0v) is 10.8. The van der Waals surface area contributed by atoms with Crippen molar-refractivity contribution in [1.82, 2.24) is 10.1 Å². The van der Waals surface area contributed by atoms with Crippen LogP contribution in [0, 0.1) is 0 Å². The van der Waals surface area contributed by atoms with Gasteiger partial charge in [0.1, 0.15) is 5.60 Å². The standard InChI is InChI=1S/C13H17N3O2/c1-4-17-13(2,3)12-15-11(18-16-12)9-6-5-7-10(14)8-9/h5-8H,4,14H2,1-3H3. The molecule has 1 aromatic heterocycles. The normalized spacial score (nSPS) is 11.7. The van der Waals surface area contributed by atoms with Gasteiger partial charge in [0.25, 0.3) is 5.89 Å². The highest BCUT2D eigenvalue weighted by Gasteiger charge is 2.27. The van der Waals surface area contributed by atoms with E-state index in [1.54, 1.807) is 6.07 Å². The summed E-state index contributed by atoms with van der Waals surface area (Å²) in [6.45, 7) is 6.34. The van der Waals surface area contributed by atoms with Gasteiger partial charge in [0.15, 0.2) is 0 Å². The highest BCUT2D eigenvalue weighted by Crippen LogP contribution is 2.25. The van der Waals surface area contributed by atoms with E-state index in [1.165, 1.54) is 0 Å². The Hall–Kier alpha value is -1.88. The summed E-state index contributed by atoms with van der Waals surface area (Å²) in [5.74, 6) is 0.979. The van der Waals surface area contributed by atoms with Gasteiger partial charge in [0.05, 0.1) is 0 Å². The third kappa shape index (κ3) is 2.51. The van der Waals surface area contributed by atoms with Crippen molar-refractivity contribution in [2.45, 2.75) is 26.4 Å². The Kier molecular flexibility index (Phi) is 3.34. The number of benzene rings is 1. The van der Waals surface area contributed by atoms with Crippen LogP contribution in [0.2, 0.25) is 0 Å². The van der Waals surface area contributed by atoms with Crippen LogP contribution < -0.4 is 5.73 Å². The summed E-state index contributed by atoms with van der Waals surface area (Å²) in [7, 11) is 0. The fourth-order valence-corrected chi connectivity index (χ4v) is 1.68. The Balaban J connectivity index is 2.31. The van der Waals surface area contributed by atoms with Crippen LogP contribution in [0.5, 0.6) is 0 Å². The number of hydrogen-bond donors (Lipinski definition) is 1. The van der Waals surface area contributed by atoms with Crippen LogP contribution in [-0.2, 0) is 10.3 Å². The molecular formula is C13H17N3O2. The lowest BCUT2D eigenvalue weighted by Gasteiger charge is -2.19. The summed E-state index contributed by atoms with van der Waals surface area (Å²) >= 11 is 0. The zero-order valence-electron chi connectivity index (χ0n) is 10.8. The Morgan fingerprint density at radius 2 is 2.17 bits per heavy atom. The van der Waals surface area contributed by atoms with E-state index in [1.807, 2.05) is 39.0 Å². The number of hydrogen-bond acceptors (Lipinski definition) is 5. The van der Waals surface area contributed by atoms with Gasteiger partial charge in [-0.15, -0.1) is 0 Å². The minimum absolute atomic E-state index is 0.449. The predicted molar refractivity (Wildman–Crippen MR) is 68.8 cm³/mol. The highest BCUT2D eigenvalue weighted by atomic mass is 16.5. The number of nitrogens with zero attached hydrogens (tertiary/aromatic N) is 2. The first-order valence-electron chi connectivity index (χ1n) is 5.87. The van der Waals surface area contributed by atoms with Gasteiger partial charge in [-0.3, -0.25) is 0 Å². The van der Waals surface area contributed by atoms with E-state index in [0.29, 0.717) is 24.0 Å². The van der Waals surface area contributed by atoms with Crippen molar-refractivity contribution in [3.63, 3.8) is 0 Å². The van der Waals surface area contributed by atoms with Gasteiger partial charge < -0.3 is 15.0 Å². The SMILES string of the molecule is CCOC(C)(C)c1noc(-c2cccc(N)c2)n1. The minimum atomic E-state index is -0.559. The molecule has 0 radical (unpaired) electrons. The van der Waals surface area contributed by atoms with E-state index >= 15 is 0 Å². The molecule has 0 bridgehead atoms. The summed E-state index contributed by atoms with van der Waals surface area (Å²) in [6.07, 6.45) is 0. The number of nitrogen functional groups attached to an aromatic ring is 1. The van der Waals surface area contributed by atoms with Gasteiger partial charge in [-0.2, -0.15) is 4.98 Å². The maximum Gasteiger partial charge on any atom is 0.258 e. The Morgan fingerprint density at radius 3 is 2.83 bits per heavy atom. The lowest BCUT2D eigenvalue weighted by Crippen LogP contribution is -2.23.